The van der Waals surface area contributed by atoms with Crippen LogP contribution in [0.5, 0.6) is 0 Å². The van der Waals surface area contributed by atoms with Crippen LogP contribution in [0.25, 0.3) is 22.8 Å². The molecule has 1 spiro atoms. The van der Waals surface area contributed by atoms with Gasteiger partial charge in [0.2, 0.25) is 11.9 Å². The molecule has 9 heteroatoms. The summed E-state index contributed by atoms with van der Waals surface area (Å²) >= 11 is 0. The number of nitrogens with one attached hydrogen (secondary N) is 1. The van der Waals surface area contributed by atoms with Crippen LogP contribution in [0.3, 0.4) is 0 Å². The topological polar surface area (TPSA) is 134 Å². The van der Waals surface area contributed by atoms with Crippen molar-refractivity contribution in [2.75, 3.05) is 4.90 Å². The summed E-state index contributed by atoms with van der Waals surface area (Å²) in [6.07, 6.45) is 8.66. The van der Waals surface area contributed by atoms with Crippen LogP contribution in [-0.4, -0.2) is 37.7 Å². The summed E-state index contributed by atoms with van der Waals surface area (Å²) in [4.78, 5) is 19.7. The molecule has 5 N–H and O–H groups in total. The van der Waals surface area contributed by atoms with Gasteiger partial charge in [-0.15, -0.1) is 0 Å². The number of aromatic nitrogens is 4. The number of anilines is 1. The molecule has 2 aliphatic rings. The molecule has 1 fully saturated rings. The summed E-state index contributed by atoms with van der Waals surface area (Å²) in [5.41, 5.74) is 14.5. The largest absolute Gasteiger partial charge is 0.369 e. The molecule has 1 aromatic carbocycles. The Kier molecular flexibility index (Phi) is 4.42. The molecule has 0 amide bonds. The molecule has 0 atom stereocenters. The maximum atomic E-state index is 6.30. The highest BCUT2D eigenvalue weighted by Crippen LogP contribution is 2.39. The Hall–Kier alpha value is -3.75. The van der Waals surface area contributed by atoms with E-state index in [1.807, 2.05) is 41.3 Å². The zero-order chi connectivity index (χ0) is 20.6. The van der Waals surface area contributed by atoms with Crippen LogP contribution in [0.1, 0.15) is 32.1 Å². The van der Waals surface area contributed by atoms with Crippen molar-refractivity contribution in [2.45, 2.75) is 37.8 Å². The Labute approximate surface area is 174 Å². The minimum Gasteiger partial charge on any atom is -0.369 e. The van der Waals surface area contributed by atoms with Gasteiger partial charge in [0, 0.05) is 29.2 Å². The first kappa shape index (κ1) is 18.3. The molecular weight excluding hydrogens is 378 g/mol. The van der Waals surface area contributed by atoms with Gasteiger partial charge in [0.05, 0.1) is 0 Å². The molecular formula is C21H23N9. The number of hydrogen-bond acceptors (Lipinski definition) is 8. The molecule has 1 aliphatic carbocycles. The molecule has 0 bridgehead atoms. The van der Waals surface area contributed by atoms with Crippen molar-refractivity contribution in [3.05, 3.63) is 48.8 Å². The number of hydrogen-bond donors (Lipinski definition) is 3. The number of H-pyrrole nitrogens is 1. The normalized spacial score (nSPS) is 18.2. The summed E-state index contributed by atoms with van der Waals surface area (Å²) in [5.74, 6) is 1.94. The lowest BCUT2D eigenvalue weighted by molar-refractivity contribution is 0.305. The summed E-state index contributed by atoms with van der Waals surface area (Å²) in [6, 6.07) is 11.8. The minimum absolute atomic E-state index is 0.256. The Morgan fingerprint density at radius 3 is 2.50 bits per heavy atom. The molecule has 3 aromatic rings. The molecule has 3 heterocycles. The van der Waals surface area contributed by atoms with Crippen LogP contribution in [-0.2, 0) is 0 Å². The molecule has 30 heavy (non-hydrogen) atoms. The average molecular weight is 401 g/mol. The van der Waals surface area contributed by atoms with Crippen LogP contribution in [0.15, 0.2) is 58.8 Å². The molecule has 0 radical (unpaired) electrons. The van der Waals surface area contributed by atoms with Gasteiger partial charge in [0.15, 0.2) is 11.6 Å². The smallest absolute Gasteiger partial charge is 0.220 e. The van der Waals surface area contributed by atoms with E-state index in [0.717, 1.165) is 42.5 Å². The van der Waals surface area contributed by atoms with Crippen LogP contribution >= 0.6 is 0 Å². The predicted octanol–water partition coefficient (Wildman–Crippen LogP) is 2.64. The van der Waals surface area contributed by atoms with Crippen molar-refractivity contribution < 1.29 is 0 Å². The van der Waals surface area contributed by atoms with Gasteiger partial charge in [-0.2, -0.15) is 10.1 Å². The van der Waals surface area contributed by atoms with E-state index in [4.69, 9.17) is 16.5 Å². The van der Waals surface area contributed by atoms with Crippen LogP contribution in [0.4, 0.5) is 5.69 Å². The lowest BCUT2D eigenvalue weighted by Crippen LogP contribution is -2.58. The van der Waals surface area contributed by atoms with E-state index >= 15 is 0 Å². The van der Waals surface area contributed by atoms with E-state index in [2.05, 4.69) is 25.2 Å². The van der Waals surface area contributed by atoms with E-state index in [1.165, 1.54) is 6.42 Å². The van der Waals surface area contributed by atoms with Crippen molar-refractivity contribution >= 4 is 17.6 Å². The molecule has 0 unspecified atom stereocenters. The zero-order valence-corrected chi connectivity index (χ0v) is 16.5. The maximum Gasteiger partial charge on any atom is 0.220 e. The van der Waals surface area contributed by atoms with Crippen LogP contribution < -0.4 is 16.4 Å². The summed E-state index contributed by atoms with van der Waals surface area (Å²) in [6.45, 7) is 0. The number of guanidine groups is 2. The number of aromatic amines is 1. The van der Waals surface area contributed by atoms with Gasteiger partial charge in [-0.3, -0.25) is 15.0 Å². The second kappa shape index (κ2) is 7.25. The van der Waals surface area contributed by atoms with E-state index in [1.54, 1.807) is 12.4 Å². The number of nitrogens with zero attached hydrogens (tertiary/aromatic N) is 6. The van der Waals surface area contributed by atoms with Crippen LogP contribution in [0, 0.1) is 0 Å². The van der Waals surface area contributed by atoms with Crippen molar-refractivity contribution in [2.24, 2.45) is 21.5 Å². The first-order valence-electron chi connectivity index (χ1n) is 10.1. The lowest BCUT2D eigenvalue weighted by atomic mass is 9.87. The van der Waals surface area contributed by atoms with Gasteiger partial charge < -0.3 is 11.5 Å². The first-order chi connectivity index (χ1) is 14.6. The van der Waals surface area contributed by atoms with Gasteiger partial charge in [-0.05, 0) is 62.1 Å². The number of pyridine rings is 1. The molecule has 2 aromatic heterocycles. The SMILES string of the molecule is NC1=NC2(CCCCC2)N(c2ccc(-c3nc(-c4cccnc4)n[nH]3)cc2)C(N)=N1. The van der Waals surface area contributed by atoms with E-state index in [-0.39, 0.29) is 5.96 Å². The monoisotopic (exact) mass is 401 g/mol. The Morgan fingerprint density at radius 1 is 0.967 bits per heavy atom. The third-order valence-electron chi connectivity index (χ3n) is 5.66. The third kappa shape index (κ3) is 3.18. The fourth-order valence-corrected chi connectivity index (χ4v) is 4.28. The highest BCUT2D eigenvalue weighted by atomic mass is 15.4. The molecule has 1 aliphatic heterocycles. The lowest BCUT2D eigenvalue weighted by Gasteiger charge is -2.45. The number of nitrogens with two attached hydrogens (primary N) is 2. The number of aliphatic imine (C=N–C) groups is 2. The molecule has 152 valence electrons. The van der Waals surface area contributed by atoms with Gasteiger partial charge in [0.25, 0.3) is 0 Å². The predicted molar refractivity (Wildman–Crippen MR) is 117 cm³/mol. The number of benzene rings is 1. The highest BCUT2D eigenvalue weighted by molar-refractivity contribution is 6.05. The number of rotatable bonds is 3. The first-order valence-corrected chi connectivity index (χ1v) is 10.1. The Morgan fingerprint density at radius 2 is 1.77 bits per heavy atom. The van der Waals surface area contributed by atoms with Gasteiger partial charge >= 0.3 is 0 Å². The summed E-state index contributed by atoms with van der Waals surface area (Å²) < 4.78 is 0. The second-order valence-electron chi connectivity index (χ2n) is 7.61. The summed E-state index contributed by atoms with van der Waals surface area (Å²) in [5, 5.41) is 7.31. The third-order valence-corrected chi connectivity index (χ3v) is 5.66. The average Bonchev–Trinajstić information content (AvgIpc) is 3.25. The van der Waals surface area contributed by atoms with Crippen molar-refractivity contribution in [1.82, 2.24) is 20.2 Å². The zero-order valence-electron chi connectivity index (χ0n) is 16.5. The van der Waals surface area contributed by atoms with Crippen molar-refractivity contribution in [3.63, 3.8) is 0 Å². The van der Waals surface area contributed by atoms with Crippen molar-refractivity contribution in [3.8, 4) is 22.8 Å². The maximum absolute atomic E-state index is 6.30. The quantitative estimate of drug-likeness (QED) is 0.617. The summed E-state index contributed by atoms with van der Waals surface area (Å²) in [7, 11) is 0. The van der Waals surface area contributed by atoms with Gasteiger partial charge in [0.1, 0.15) is 5.66 Å². The molecule has 9 nitrogen and oxygen atoms in total. The highest BCUT2D eigenvalue weighted by Gasteiger charge is 2.42. The Balaban J connectivity index is 1.45. The molecule has 1 saturated carbocycles. The fraction of sp³-hybridized carbons (Fsp3) is 0.286. The molecule has 0 saturated heterocycles. The standard InChI is InChI=1S/C21H23N9/c22-19-26-20(23)30(21(27-19)10-2-1-3-11-21)16-8-6-14(7-9-16)17-25-18(29-28-17)15-5-4-12-24-13-15/h4-9,12-13H,1-3,10-11H2,(H,25,28,29)(H4,22,23,26,27). The van der Waals surface area contributed by atoms with E-state index < -0.39 is 5.66 Å². The van der Waals surface area contributed by atoms with Crippen LogP contribution in [0.2, 0.25) is 0 Å². The van der Waals surface area contributed by atoms with Gasteiger partial charge in [-0.25, -0.2) is 9.98 Å². The molecule has 5 rings (SSSR count). The van der Waals surface area contributed by atoms with E-state index in [0.29, 0.717) is 17.6 Å². The van der Waals surface area contributed by atoms with Crippen molar-refractivity contribution in [1.29, 1.82) is 0 Å². The van der Waals surface area contributed by atoms with E-state index in [9.17, 15) is 0 Å². The second-order valence-corrected chi connectivity index (χ2v) is 7.61. The fourth-order valence-electron chi connectivity index (χ4n) is 4.28. The Bertz CT molecular complexity index is 1090. The van der Waals surface area contributed by atoms with Gasteiger partial charge in [-0.1, -0.05) is 6.42 Å². The minimum atomic E-state index is -0.449.